The number of hydrogen-bond donors (Lipinski definition) is 1. The highest BCUT2D eigenvalue weighted by molar-refractivity contribution is 7.80. The van der Waals surface area contributed by atoms with Gasteiger partial charge in [-0.25, -0.2) is 0 Å². The fourth-order valence-electron chi connectivity index (χ4n) is 4.37. The molecule has 0 bridgehead atoms. The summed E-state index contributed by atoms with van der Waals surface area (Å²) in [5, 5.41) is 15.8. The molecule has 10 heteroatoms. The van der Waals surface area contributed by atoms with Crippen LogP contribution in [0, 0.1) is 10.1 Å². The molecule has 0 unspecified atom stereocenters. The lowest BCUT2D eigenvalue weighted by Gasteiger charge is -2.29. The summed E-state index contributed by atoms with van der Waals surface area (Å²) in [5.41, 5.74) is 3.16. The van der Waals surface area contributed by atoms with Crippen LogP contribution in [0.2, 0.25) is 5.02 Å². The van der Waals surface area contributed by atoms with Crippen molar-refractivity contribution >= 4 is 40.3 Å². The van der Waals surface area contributed by atoms with E-state index in [1.54, 1.807) is 31.5 Å². The van der Waals surface area contributed by atoms with Crippen molar-refractivity contribution < 1.29 is 9.66 Å². The summed E-state index contributed by atoms with van der Waals surface area (Å²) in [6.07, 6.45) is 3.62. The normalized spacial score (nSPS) is 17.3. The van der Waals surface area contributed by atoms with Gasteiger partial charge in [-0.05, 0) is 60.7 Å². The summed E-state index contributed by atoms with van der Waals surface area (Å²) in [5.74, 6) is 0.561. The van der Waals surface area contributed by atoms with Crippen molar-refractivity contribution in [2.45, 2.75) is 12.1 Å². The number of non-ortho nitro benzene ring substituents is 1. The third-order valence-electron chi connectivity index (χ3n) is 5.91. The number of aromatic nitrogens is 2. The fourth-order valence-corrected chi connectivity index (χ4v) is 4.96. The summed E-state index contributed by atoms with van der Waals surface area (Å²) in [4.78, 5) is 17.6. The highest BCUT2D eigenvalue weighted by atomic mass is 35.5. The predicted octanol–water partition coefficient (Wildman–Crippen LogP) is 5.62. The highest BCUT2D eigenvalue weighted by Gasteiger charge is 2.42. The van der Waals surface area contributed by atoms with Gasteiger partial charge in [0.25, 0.3) is 5.69 Å². The number of rotatable bonds is 6. The third kappa shape index (κ3) is 4.20. The Bertz CT molecular complexity index is 1410. The second-order valence-electron chi connectivity index (χ2n) is 7.90. The molecule has 2 atom stereocenters. The second kappa shape index (κ2) is 9.36. The lowest BCUT2D eigenvalue weighted by Crippen LogP contribution is -2.30. The molecule has 1 fully saturated rings. The Morgan fingerprint density at radius 3 is 2.66 bits per heavy atom. The van der Waals surface area contributed by atoms with Gasteiger partial charge in [0.15, 0.2) is 5.11 Å². The maximum absolute atomic E-state index is 11.4. The SMILES string of the molecule is COc1ccc(N2C(=S)N[C@@H](c3ccccn3)[C@@H]2c2cccn2-c2cccc([N+](=O)[O-])c2)cc1Cl. The fraction of sp³-hybridized carbons (Fsp3) is 0.120. The molecule has 3 heterocycles. The Balaban J connectivity index is 1.67. The largest absolute Gasteiger partial charge is 0.495 e. The number of halogens is 1. The van der Waals surface area contributed by atoms with Crippen molar-refractivity contribution in [3.05, 3.63) is 112 Å². The molecule has 1 saturated heterocycles. The van der Waals surface area contributed by atoms with Gasteiger partial charge >= 0.3 is 0 Å². The molecule has 0 radical (unpaired) electrons. The molecule has 1 aliphatic heterocycles. The number of nitrogens with zero attached hydrogens (tertiary/aromatic N) is 4. The zero-order valence-corrected chi connectivity index (χ0v) is 20.1. The molecule has 176 valence electrons. The maximum atomic E-state index is 11.4. The first-order valence-corrected chi connectivity index (χ1v) is 11.5. The molecule has 0 spiro atoms. The smallest absolute Gasteiger partial charge is 0.271 e. The third-order valence-corrected chi connectivity index (χ3v) is 6.52. The lowest BCUT2D eigenvalue weighted by molar-refractivity contribution is -0.384. The van der Waals surface area contributed by atoms with Gasteiger partial charge in [-0.1, -0.05) is 23.7 Å². The average Bonchev–Trinajstić information content (AvgIpc) is 3.49. The van der Waals surface area contributed by atoms with Crippen LogP contribution in [0.25, 0.3) is 5.69 Å². The van der Waals surface area contributed by atoms with Crippen molar-refractivity contribution in [1.82, 2.24) is 14.9 Å². The van der Waals surface area contributed by atoms with Crippen LogP contribution in [0.4, 0.5) is 11.4 Å². The number of pyridine rings is 1. The number of benzene rings is 2. The number of anilines is 1. The van der Waals surface area contributed by atoms with Gasteiger partial charge in [0.05, 0.1) is 34.5 Å². The number of nitrogens with one attached hydrogen (secondary N) is 1. The number of ether oxygens (including phenoxy) is 1. The first-order chi connectivity index (χ1) is 17.0. The molecule has 5 rings (SSSR count). The summed E-state index contributed by atoms with van der Waals surface area (Å²) in [6, 6.07) is 21.0. The zero-order chi connectivity index (χ0) is 24.5. The summed E-state index contributed by atoms with van der Waals surface area (Å²) in [6.45, 7) is 0. The molecule has 0 aliphatic carbocycles. The van der Waals surface area contributed by atoms with E-state index in [1.165, 1.54) is 6.07 Å². The van der Waals surface area contributed by atoms with Crippen molar-refractivity contribution in [3.63, 3.8) is 0 Å². The van der Waals surface area contributed by atoms with Gasteiger partial charge in [0.2, 0.25) is 0 Å². The molecule has 2 aromatic heterocycles. The van der Waals surface area contributed by atoms with Crippen molar-refractivity contribution in [2.75, 3.05) is 12.0 Å². The van der Waals surface area contributed by atoms with Crippen LogP contribution in [0.3, 0.4) is 0 Å². The summed E-state index contributed by atoms with van der Waals surface area (Å²) < 4.78 is 7.25. The van der Waals surface area contributed by atoms with E-state index in [0.29, 0.717) is 21.6 Å². The number of nitro benzene ring substituents is 1. The Labute approximate surface area is 211 Å². The van der Waals surface area contributed by atoms with Crippen LogP contribution < -0.4 is 15.0 Å². The standard InChI is InChI=1S/C25H20ClN5O3S/c1-34-22-11-10-17(15-19(22)26)30-24(23(28-25(30)35)20-8-2-3-12-27-20)21-9-5-13-29(21)16-6-4-7-18(14-16)31(32)33/h2-15,23-24H,1H3,(H,28,35)/t23-,24-/m0/s1. The van der Waals surface area contributed by atoms with E-state index < -0.39 is 4.92 Å². The van der Waals surface area contributed by atoms with Crippen molar-refractivity contribution in [2.24, 2.45) is 0 Å². The lowest BCUT2D eigenvalue weighted by atomic mass is 10.0. The quantitative estimate of drug-likeness (QED) is 0.207. The van der Waals surface area contributed by atoms with Gasteiger partial charge in [0, 0.05) is 35.9 Å². The Morgan fingerprint density at radius 2 is 1.94 bits per heavy atom. The van der Waals surface area contributed by atoms with E-state index in [-0.39, 0.29) is 17.8 Å². The highest BCUT2D eigenvalue weighted by Crippen LogP contribution is 2.43. The molecule has 8 nitrogen and oxygen atoms in total. The average molecular weight is 506 g/mol. The van der Waals surface area contributed by atoms with Gasteiger partial charge in [-0.2, -0.15) is 0 Å². The van der Waals surface area contributed by atoms with Crippen molar-refractivity contribution in [1.29, 1.82) is 0 Å². The minimum atomic E-state index is -0.402. The van der Waals surface area contributed by atoms with E-state index in [0.717, 1.165) is 17.1 Å². The van der Waals surface area contributed by atoms with Gasteiger partial charge in [-0.15, -0.1) is 0 Å². The summed E-state index contributed by atoms with van der Waals surface area (Å²) >= 11 is 12.2. The number of methoxy groups -OCH3 is 1. The predicted molar refractivity (Wildman–Crippen MR) is 138 cm³/mol. The van der Waals surface area contributed by atoms with Crippen LogP contribution in [-0.4, -0.2) is 26.7 Å². The molecule has 2 aromatic carbocycles. The monoisotopic (exact) mass is 505 g/mol. The van der Waals surface area contributed by atoms with Crippen LogP contribution >= 0.6 is 23.8 Å². The van der Waals surface area contributed by atoms with Crippen molar-refractivity contribution in [3.8, 4) is 11.4 Å². The zero-order valence-electron chi connectivity index (χ0n) is 18.5. The van der Waals surface area contributed by atoms with Gasteiger partial charge in [0.1, 0.15) is 11.8 Å². The Hall–Kier alpha value is -3.95. The molecular weight excluding hydrogens is 486 g/mol. The van der Waals surface area contributed by atoms with E-state index in [9.17, 15) is 10.1 Å². The van der Waals surface area contributed by atoms with Crippen LogP contribution in [0.1, 0.15) is 23.5 Å². The van der Waals surface area contributed by atoms with Gasteiger partial charge < -0.3 is 19.5 Å². The molecule has 0 amide bonds. The van der Waals surface area contributed by atoms with Crippen LogP contribution in [0.15, 0.2) is 85.2 Å². The molecule has 35 heavy (non-hydrogen) atoms. The van der Waals surface area contributed by atoms with E-state index in [2.05, 4.69) is 10.3 Å². The van der Waals surface area contributed by atoms with Crippen LogP contribution in [0.5, 0.6) is 5.75 Å². The minimum absolute atomic E-state index is 0.0160. The molecule has 0 saturated carbocycles. The Kier molecular flexibility index (Phi) is 6.10. The van der Waals surface area contributed by atoms with Gasteiger partial charge in [-0.3, -0.25) is 15.1 Å². The number of nitro groups is 1. The Morgan fingerprint density at radius 1 is 1.09 bits per heavy atom. The maximum Gasteiger partial charge on any atom is 0.271 e. The van der Waals surface area contributed by atoms with Crippen LogP contribution in [-0.2, 0) is 0 Å². The van der Waals surface area contributed by atoms with E-state index >= 15 is 0 Å². The summed E-state index contributed by atoms with van der Waals surface area (Å²) in [7, 11) is 1.56. The molecular formula is C25H20ClN5O3S. The minimum Gasteiger partial charge on any atom is -0.495 e. The van der Waals surface area contributed by atoms with E-state index in [4.69, 9.17) is 28.6 Å². The molecule has 4 aromatic rings. The molecule has 1 N–H and O–H groups in total. The second-order valence-corrected chi connectivity index (χ2v) is 8.69. The van der Waals surface area contributed by atoms with E-state index in [1.807, 2.05) is 64.2 Å². The first-order valence-electron chi connectivity index (χ1n) is 10.7. The first kappa shape index (κ1) is 22.8. The molecule has 1 aliphatic rings. The number of hydrogen-bond acceptors (Lipinski definition) is 5. The number of thiocarbonyl (C=S) groups is 1. The topological polar surface area (TPSA) is 85.5 Å².